The first kappa shape index (κ1) is 13.9. The van der Waals surface area contributed by atoms with Gasteiger partial charge < -0.3 is 9.84 Å². The molecule has 0 bridgehead atoms. The second-order valence-corrected chi connectivity index (χ2v) is 6.60. The monoisotopic (exact) mass is 283 g/mol. The molecule has 19 heavy (non-hydrogen) atoms. The smallest absolute Gasteiger partial charge is 0.412 e. The lowest BCUT2D eigenvalue weighted by Crippen LogP contribution is -2.27. The van der Waals surface area contributed by atoms with Crippen molar-refractivity contribution in [2.45, 2.75) is 45.6 Å². The zero-order chi connectivity index (χ0) is 14.2. The van der Waals surface area contributed by atoms with E-state index >= 15 is 0 Å². The Morgan fingerprint density at radius 3 is 2.58 bits per heavy atom. The number of carboxylic acids is 1. The molecule has 1 heterocycles. The predicted molar refractivity (Wildman–Crippen MR) is 73.2 cm³/mol. The van der Waals surface area contributed by atoms with Crippen molar-refractivity contribution >= 4 is 28.4 Å². The minimum absolute atomic E-state index is 0.225. The van der Waals surface area contributed by atoms with Gasteiger partial charge in [-0.1, -0.05) is 0 Å². The molecular weight excluding hydrogens is 266 g/mol. The average molecular weight is 283 g/mol. The van der Waals surface area contributed by atoms with E-state index in [4.69, 9.17) is 4.74 Å². The number of carbonyl (C=O) groups is 2. The van der Waals surface area contributed by atoms with E-state index in [1.54, 1.807) is 20.8 Å². The Balaban J connectivity index is 2.22. The molecular formula is C13H17NO4S. The molecule has 0 spiro atoms. The fourth-order valence-electron chi connectivity index (χ4n) is 2.11. The van der Waals surface area contributed by atoms with Crippen LogP contribution >= 0.6 is 11.3 Å². The highest BCUT2D eigenvalue weighted by molar-refractivity contribution is 7.17. The molecule has 5 nitrogen and oxygen atoms in total. The molecule has 2 rings (SSSR count). The molecule has 6 heteroatoms. The maximum atomic E-state index is 11.7. The Labute approximate surface area is 115 Å². The van der Waals surface area contributed by atoms with Crippen LogP contribution in [0, 0.1) is 0 Å². The molecule has 1 aromatic rings. The van der Waals surface area contributed by atoms with Crippen molar-refractivity contribution in [2.75, 3.05) is 5.32 Å². The van der Waals surface area contributed by atoms with E-state index < -0.39 is 17.7 Å². The number of nitrogens with one attached hydrogen (secondary N) is 1. The first-order chi connectivity index (χ1) is 8.78. The van der Waals surface area contributed by atoms with Crippen molar-refractivity contribution in [3.8, 4) is 0 Å². The van der Waals surface area contributed by atoms with Gasteiger partial charge in [0.1, 0.15) is 10.6 Å². The van der Waals surface area contributed by atoms with Gasteiger partial charge in [-0.15, -0.1) is 11.3 Å². The molecule has 0 saturated heterocycles. The Bertz CT molecular complexity index is 527. The number of aryl methyl sites for hydroxylation is 1. The van der Waals surface area contributed by atoms with E-state index in [1.807, 2.05) is 0 Å². The molecule has 0 aromatic carbocycles. The molecule has 1 aliphatic carbocycles. The number of hydrogen-bond donors (Lipinski definition) is 2. The van der Waals surface area contributed by atoms with Crippen LogP contribution in [0.1, 0.15) is 48.0 Å². The fraction of sp³-hybridized carbons (Fsp3) is 0.538. The lowest BCUT2D eigenvalue weighted by molar-refractivity contribution is 0.0636. The summed E-state index contributed by atoms with van der Waals surface area (Å²) in [7, 11) is 0. The van der Waals surface area contributed by atoms with Crippen molar-refractivity contribution in [1.82, 2.24) is 0 Å². The lowest BCUT2D eigenvalue weighted by atomic mass is 10.1. The van der Waals surface area contributed by atoms with E-state index in [2.05, 4.69) is 5.32 Å². The van der Waals surface area contributed by atoms with Crippen molar-refractivity contribution < 1.29 is 19.4 Å². The van der Waals surface area contributed by atoms with Crippen LogP contribution in [-0.2, 0) is 17.6 Å². The highest BCUT2D eigenvalue weighted by Crippen LogP contribution is 2.39. The van der Waals surface area contributed by atoms with Crippen molar-refractivity contribution in [3.05, 3.63) is 16.0 Å². The number of thiophene rings is 1. The van der Waals surface area contributed by atoms with Gasteiger partial charge in [-0.2, -0.15) is 0 Å². The quantitative estimate of drug-likeness (QED) is 0.873. The second-order valence-electron chi connectivity index (χ2n) is 5.49. The highest BCUT2D eigenvalue weighted by Gasteiger charge is 2.28. The van der Waals surface area contributed by atoms with Gasteiger partial charge in [-0.05, 0) is 45.6 Å². The minimum Gasteiger partial charge on any atom is -0.478 e. The summed E-state index contributed by atoms with van der Waals surface area (Å²) in [5.74, 6) is -0.995. The Hall–Kier alpha value is -1.56. The third-order valence-corrected chi connectivity index (χ3v) is 3.96. The maximum Gasteiger partial charge on any atom is 0.412 e. The van der Waals surface area contributed by atoms with Crippen molar-refractivity contribution in [1.29, 1.82) is 0 Å². The largest absolute Gasteiger partial charge is 0.478 e. The summed E-state index contributed by atoms with van der Waals surface area (Å²) < 4.78 is 5.14. The number of rotatable bonds is 2. The van der Waals surface area contributed by atoms with Crippen LogP contribution in [0.2, 0.25) is 0 Å². The maximum absolute atomic E-state index is 11.7. The second kappa shape index (κ2) is 4.85. The molecule has 0 radical (unpaired) electrons. The Morgan fingerprint density at radius 2 is 2.00 bits per heavy atom. The van der Waals surface area contributed by atoms with Crippen LogP contribution < -0.4 is 5.32 Å². The molecule has 1 aromatic heterocycles. The van der Waals surface area contributed by atoms with Gasteiger partial charge in [-0.3, -0.25) is 5.32 Å². The van der Waals surface area contributed by atoms with Crippen LogP contribution in [-0.4, -0.2) is 22.8 Å². The topological polar surface area (TPSA) is 75.6 Å². The molecule has 0 atom stereocenters. The molecule has 0 fully saturated rings. The third kappa shape index (κ3) is 3.07. The Morgan fingerprint density at radius 1 is 1.32 bits per heavy atom. The molecule has 0 aliphatic heterocycles. The summed E-state index contributed by atoms with van der Waals surface area (Å²) in [5, 5.41) is 12.2. The van der Waals surface area contributed by atoms with Gasteiger partial charge in [-0.25, -0.2) is 9.59 Å². The number of amides is 1. The number of aromatic carboxylic acids is 1. The number of fused-ring (bicyclic) bond motifs is 1. The van der Waals surface area contributed by atoms with E-state index in [0.29, 0.717) is 5.00 Å². The van der Waals surface area contributed by atoms with Gasteiger partial charge in [0.15, 0.2) is 0 Å². The predicted octanol–water partition coefficient (Wildman–Crippen LogP) is 3.28. The van der Waals surface area contributed by atoms with Crippen LogP contribution in [0.3, 0.4) is 0 Å². The van der Waals surface area contributed by atoms with E-state index in [0.717, 1.165) is 29.7 Å². The van der Waals surface area contributed by atoms with Gasteiger partial charge in [0.05, 0.1) is 5.56 Å². The van der Waals surface area contributed by atoms with Crippen LogP contribution in [0.4, 0.5) is 9.80 Å². The third-order valence-electron chi connectivity index (χ3n) is 2.75. The first-order valence-corrected chi connectivity index (χ1v) is 6.97. The molecule has 0 unspecified atom stereocenters. The number of carboxylic acid groups (broad SMARTS) is 1. The minimum atomic E-state index is -0.995. The molecule has 1 amide bonds. The van der Waals surface area contributed by atoms with Gasteiger partial charge in [0.25, 0.3) is 0 Å². The summed E-state index contributed by atoms with van der Waals surface area (Å²) in [6.45, 7) is 5.29. The normalized spacial score (nSPS) is 14.1. The highest BCUT2D eigenvalue weighted by atomic mass is 32.1. The number of carbonyl (C=O) groups excluding carboxylic acids is 1. The van der Waals surface area contributed by atoms with Gasteiger partial charge >= 0.3 is 12.1 Å². The molecule has 104 valence electrons. The lowest BCUT2D eigenvalue weighted by Gasteiger charge is -2.19. The van der Waals surface area contributed by atoms with Gasteiger partial charge in [0.2, 0.25) is 0 Å². The Kier molecular flexibility index (Phi) is 3.54. The van der Waals surface area contributed by atoms with Crippen molar-refractivity contribution in [3.63, 3.8) is 0 Å². The summed E-state index contributed by atoms with van der Waals surface area (Å²) in [6.07, 6.45) is 2.02. The summed E-state index contributed by atoms with van der Waals surface area (Å²) in [4.78, 5) is 24.1. The number of anilines is 1. The summed E-state index contributed by atoms with van der Waals surface area (Å²) in [5.41, 5.74) is 0.486. The van der Waals surface area contributed by atoms with E-state index in [9.17, 15) is 14.7 Å². The molecule has 1 aliphatic rings. The standard InChI is InChI=1S/C13H17NO4S/c1-13(2,3)18-12(17)14-10-9(11(15)16)7-5-4-6-8(7)19-10/h4-6H2,1-3H3,(H,14,17)(H,15,16). The van der Waals surface area contributed by atoms with Crippen LogP contribution in [0.15, 0.2) is 0 Å². The zero-order valence-corrected chi connectivity index (χ0v) is 12.0. The molecule has 2 N–H and O–H groups in total. The SMILES string of the molecule is CC(C)(C)OC(=O)Nc1sc2c(c1C(=O)O)CCC2. The number of hydrogen-bond acceptors (Lipinski definition) is 4. The fourth-order valence-corrected chi connectivity index (χ4v) is 3.38. The number of ether oxygens (including phenoxy) is 1. The zero-order valence-electron chi connectivity index (χ0n) is 11.2. The summed E-state index contributed by atoms with van der Waals surface area (Å²) in [6, 6.07) is 0. The van der Waals surface area contributed by atoms with Crippen molar-refractivity contribution in [2.24, 2.45) is 0 Å². The van der Waals surface area contributed by atoms with Gasteiger partial charge in [0, 0.05) is 4.88 Å². The van der Waals surface area contributed by atoms with E-state index in [1.165, 1.54) is 11.3 Å². The van der Waals surface area contributed by atoms with E-state index in [-0.39, 0.29) is 5.56 Å². The average Bonchev–Trinajstić information content (AvgIpc) is 2.72. The first-order valence-electron chi connectivity index (χ1n) is 6.16. The molecule has 0 saturated carbocycles. The van der Waals surface area contributed by atoms with Crippen LogP contribution in [0.25, 0.3) is 0 Å². The van der Waals surface area contributed by atoms with Crippen LogP contribution in [0.5, 0.6) is 0 Å². The summed E-state index contributed by atoms with van der Waals surface area (Å²) >= 11 is 1.34.